The summed E-state index contributed by atoms with van der Waals surface area (Å²) in [6.45, 7) is 6.69. The fourth-order valence-corrected chi connectivity index (χ4v) is 2.27. The molecule has 2 aromatic rings. The standard InChI is InChI=1S/C20H23N3O4/c1-4-26-17-10-9-15(12-18(17)27-5-2)13-21-23-20(25)19(24)22-16-8-6-7-14(3)11-16/h6-13H,4-5H2,1-3H3,(H,22,24)(H,23,25)/b21-13-. The summed E-state index contributed by atoms with van der Waals surface area (Å²) in [4.78, 5) is 23.7. The Balaban J connectivity index is 1.96. The molecular weight excluding hydrogens is 346 g/mol. The van der Waals surface area contributed by atoms with E-state index in [1.165, 1.54) is 6.21 Å². The molecule has 0 spiro atoms. The summed E-state index contributed by atoms with van der Waals surface area (Å²) in [5, 5.41) is 6.33. The number of nitrogens with one attached hydrogen (secondary N) is 2. The van der Waals surface area contributed by atoms with Gasteiger partial charge in [0, 0.05) is 5.69 Å². The third kappa shape index (κ3) is 6.14. The van der Waals surface area contributed by atoms with E-state index in [-0.39, 0.29) is 0 Å². The zero-order valence-electron chi connectivity index (χ0n) is 15.6. The second kappa shape index (κ2) is 9.96. The third-order valence-electron chi connectivity index (χ3n) is 3.43. The molecular formula is C20H23N3O4. The van der Waals surface area contributed by atoms with Crippen LogP contribution in [0.5, 0.6) is 11.5 Å². The number of benzene rings is 2. The molecule has 2 N–H and O–H groups in total. The van der Waals surface area contributed by atoms with E-state index in [0.29, 0.717) is 36.0 Å². The highest BCUT2D eigenvalue weighted by atomic mass is 16.5. The number of carbonyl (C=O) groups is 2. The van der Waals surface area contributed by atoms with Crippen LogP contribution in [0.2, 0.25) is 0 Å². The third-order valence-corrected chi connectivity index (χ3v) is 3.43. The molecule has 0 aliphatic carbocycles. The Labute approximate surface area is 158 Å². The molecule has 2 rings (SSSR count). The molecule has 0 radical (unpaired) electrons. The summed E-state index contributed by atoms with van der Waals surface area (Å²) >= 11 is 0. The monoisotopic (exact) mass is 369 g/mol. The zero-order valence-corrected chi connectivity index (χ0v) is 15.6. The molecule has 7 heteroatoms. The van der Waals surface area contributed by atoms with Crippen LogP contribution in [0.25, 0.3) is 0 Å². The quantitative estimate of drug-likeness (QED) is 0.446. The van der Waals surface area contributed by atoms with E-state index in [4.69, 9.17) is 9.47 Å². The van der Waals surface area contributed by atoms with Gasteiger partial charge in [0.25, 0.3) is 0 Å². The molecule has 2 amide bonds. The van der Waals surface area contributed by atoms with Crippen LogP contribution in [0.15, 0.2) is 47.6 Å². The number of anilines is 1. The Bertz CT molecular complexity index is 834. The summed E-state index contributed by atoms with van der Waals surface area (Å²) in [6, 6.07) is 12.4. The number of aryl methyl sites for hydroxylation is 1. The Kier molecular flexibility index (Phi) is 7.37. The van der Waals surface area contributed by atoms with E-state index in [9.17, 15) is 9.59 Å². The second-order valence-corrected chi connectivity index (χ2v) is 5.59. The van der Waals surface area contributed by atoms with E-state index >= 15 is 0 Å². The second-order valence-electron chi connectivity index (χ2n) is 5.59. The first-order chi connectivity index (χ1) is 13.0. The number of hydrazone groups is 1. The lowest BCUT2D eigenvalue weighted by atomic mass is 10.2. The minimum atomic E-state index is -0.858. The van der Waals surface area contributed by atoms with Crippen molar-refractivity contribution in [3.8, 4) is 11.5 Å². The molecule has 142 valence electrons. The summed E-state index contributed by atoms with van der Waals surface area (Å²) in [6.07, 6.45) is 1.43. The smallest absolute Gasteiger partial charge is 0.329 e. The molecule has 7 nitrogen and oxygen atoms in total. The molecule has 0 aromatic heterocycles. The summed E-state index contributed by atoms with van der Waals surface area (Å²) in [7, 11) is 0. The van der Waals surface area contributed by atoms with Gasteiger partial charge in [-0.25, -0.2) is 5.43 Å². The van der Waals surface area contributed by atoms with E-state index < -0.39 is 11.8 Å². The van der Waals surface area contributed by atoms with Crippen molar-refractivity contribution >= 4 is 23.7 Å². The van der Waals surface area contributed by atoms with Gasteiger partial charge in [0.05, 0.1) is 19.4 Å². The van der Waals surface area contributed by atoms with Gasteiger partial charge >= 0.3 is 11.8 Å². The Morgan fingerprint density at radius 3 is 2.44 bits per heavy atom. The molecule has 0 aliphatic heterocycles. The van der Waals surface area contributed by atoms with Crippen molar-refractivity contribution in [2.24, 2.45) is 5.10 Å². The van der Waals surface area contributed by atoms with Crippen molar-refractivity contribution in [2.75, 3.05) is 18.5 Å². The van der Waals surface area contributed by atoms with Crippen LogP contribution in [0.4, 0.5) is 5.69 Å². The van der Waals surface area contributed by atoms with Crippen LogP contribution in [-0.2, 0) is 9.59 Å². The molecule has 0 aliphatic rings. The molecule has 0 atom stereocenters. The minimum absolute atomic E-state index is 0.497. The van der Waals surface area contributed by atoms with Crippen molar-refractivity contribution < 1.29 is 19.1 Å². The molecule has 0 fully saturated rings. The highest BCUT2D eigenvalue weighted by molar-refractivity contribution is 6.39. The Morgan fingerprint density at radius 1 is 1.00 bits per heavy atom. The summed E-state index contributed by atoms with van der Waals surface area (Å²) in [5.41, 5.74) is 4.43. The number of hydrogen-bond donors (Lipinski definition) is 2. The fourth-order valence-electron chi connectivity index (χ4n) is 2.27. The van der Waals surface area contributed by atoms with Gasteiger partial charge in [-0.3, -0.25) is 9.59 Å². The topological polar surface area (TPSA) is 89.0 Å². The van der Waals surface area contributed by atoms with Crippen molar-refractivity contribution in [3.63, 3.8) is 0 Å². The van der Waals surface area contributed by atoms with Gasteiger partial charge in [-0.1, -0.05) is 12.1 Å². The zero-order chi connectivity index (χ0) is 19.6. The maximum atomic E-state index is 11.9. The van der Waals surface area contributed by atoms with Gasteiger partial charge in [-0.15, -0.1) is 0 Å². The lowest BCUT2D eigenvalue weighted by Gasteiger charge is -2.11. The Hall–Kier alpha value is -3.35. The van der Waals surface area contributed by atoms with Crippen molar-refractivity contribution in [1.29, 1.82) is 0 Å². The van der Waals surface area contributed by atoms with Crippen LogP contribution in [-0.4, -0.2) is 31.2 Å². The first-order valence-electron chi connectivity index (χ1n) is 8.64. The highest BCUT2D eigenvalue weighted by Gasteiger charge is 2.12. The average Bonchev–Trinajstić information content (AvgIpc) is 2.64. The van der Waals surface area contributed by atoms with Gasteiger partial charge in [-0.2, -0.15) is 5.10 Å². The summed E-state index contributed by atoms with van der Waals surface area (Å²) < 4.78 is 11.0. The van der Waals surface area contributed by atoms with Crippen LogP contribution in [0.3, 0.4) is 0 Å². The van der Waals surface area contributed by atoms with Gasteiger partial charge < -0.3 is 14.8 Å². The predicted octanol–water partition coefficient (Wildman–Crippen LogP) is 2.88. The number of nitrogens with zero attached hydrogens (tertiary/aromatic N) is 1. The van der Waals surface area contributed by atoms with Crippen LogP contribution in [0, 0.1) is 6.92 Å². The maximum Gasteiger partial charge on any atom is 0.329 e. The van der Waals surface area contributed by atoms with E-state index in [2.05, 4.69) is 15.8 Å². The molecule has 0 saturated carbocycles. The molecule has 2 aromatic carbocycles. The lowest BCUT2D eigenvalue weighted by Crippen LogP contribution is -2.32. The molecule has 0 bridgehead atoms. The Morgan fingerprint density at radius 2 is 1.74 bits per heavy atom. The van der Waals surface area contributed by atoms with Gasteiger partial charge in [0.2, 0.25) is 0 Å². The lowest BCUT2D eigenvalue weighted by molar-refractivity contribution is -0.136. The molecule has 0 unspecified atom stereocenters. The fraction of sp³-hybridized carbons (Fsp3) is 0.250. The largest absolute Gasteiger partial charge is 0.490 e. The summed E-state index contributed by atoms with van der Waals surface area (Å²) in [5.74, 6) is -0.423. The molecule has 0 saturated heterocycles. The SMILES string of the molecule is CCOc1ccc(/C=N\NC(=O)C(=O)Nc2cccc(C)c2)cc1OCC. The van der Waals surface area contributed by atoms with Gasteiger partial charge in [0.1, 0.15) is 0 Å². The number of rotatable bonds is 7. The predicted molar refractivity (Wildman–Crippen MR) is 104 cm³/mol. The van der Waals surface area contributed by atoms with Crippen molar-refractivity contribution in [2.45, 2.75) is 20.8 Å². The van der Waals surface area contributed by atoms with Crippen molar-refractivity contribution in [3.05, 3.63) is 53.6 Å². The molecule has 0 heterocycles. The number of ether oxygens (including phenoxy) is 2. The van der Waals surface area contributed by atoms with E-state index in [1.54, 1.807) is 36.4 Å². The van der Waals surface area contributed by atoms with Crippen molar-refractivity contribution in [1.82, 2.24) is 5.43 Å². The molecule has 27 heavy (non-hydrogen) atoms. The van der Waals surface area contributed by atoms with E-state index in [1.807, 2.05) is 26.8 Å². The average molecular weight is 369 g/mol. The van der Waals surface area contributed by atoms with Crippen LogP contribution in [0.1, 0.15) is 25.0 Å². The minimum Gasteiger partial charge on any atom is -0.490 e. The number of hydrogen-bond acceptors (Lipinski definition) is 5. The maximum absolute atomic E-state index is 11.9. The van der Waals surface area contributed by atoms with Gasteiger partial charge in [-0.05, 0) is 62.2 Å². The first kappa shape index (κ1) is 20.0. The van der Waals surface area contributed by atoms with Gasteiger partial charge in [0.15, 0.2) is 11.5 Å². The highest BCUT2D eigenvalue weighted by Crippen LogP contribution is 2.27. The number of amides is 2. The number of carbonyl (C=O) groups excluding carboxylic acids is 2. The van der Waals surface area contributed by atoms with Crippen LogP contribution < -0.4 is 20.2 Å². The van der Waals surface area contributed by atoms with Crippen LogP contribution >= 0.6 is 0 Å². The van der Waals surface area contributed by atoms with E-state index in [0.717, 1.165) is 5.56 Å². The first-order valence-corrected chi connectivity index (χ1v) is 8.64. The normalized spacial score (nSPS) is 10.5.